The lowest BCUT2D eigenvalue weighted by Crippen LogP contribution is -2.32. The highest BCUT2D eigenvalue weighted by molar-refractivity contribution is 7.61. The van der Waals surface area contributed by atoms with Gasteiger partial charge in [0.2, 0.25) is 0 Å². The van der Waals surface area contributed by atoms with Gasteiger partial charge in [-0.1, -0.05) is 0 Å². The van der Waals surface area contributed by atoms with Crippen LogP contribution in [0, 0.1) is 0 Å². The van der Waals surface area contributed by atoms with Crippen molar-refractivity contribution in [3.05, 3.63) is 12.7 Å². The molecule has 0 aromatic carbocycles. The molecule has 5 unspecified atom stereocenters. The second-order valence-electron chi connectivity index (χ2n) is 5.27. The van der Waals surface area contributed by atoms with Gasteiger partial charge in [-0.3, -0.25) is 13.6 Å². The number of fused-ring (bicyclic) bond motifs is 1. The van der Waals surface area contributed by atoms with Crippen LogP contribution in [0.4, 0.5) is 5.82 Å². The third kappa shape index (κ3) is 4.02. The van der Waals surface area contributed by atoms with Crippen LogP contribution in [0.2, 0.25) is 0 Å². The summed E-state index contributed by atoms with van der Waals surface area (Å²) in [4.78, 5) is 30.3. The fourth-order valence-corrected chi connectivity index (χ4v) is 4.22. The minimum atomic E-state index is -5.21. The Morgan fingerprint density at radius 1 is 1.19 bits per heavy atom. The van der Waals surface area contributed by atoms with E-state index < -0.39 is 40.4 Å². The number of rotatable bonds is 6. The van der Waals surface area contributed by atoms with Crippen LogP contribution in [-0.2, 0) is 27.2 Å². The molecule has 3 heterocycles. The maximum atomic E-state index is 11.8. The summed E-state index contributed by atoms with van der Waals surface area (Å²) in [7, 11) is -9.32. The van der Waals surface area contributed by atoms with Crippen LogP contribution in [0.1, 0.15) is 6.23 Å². The quantitative estimate of drug-likeness (QED) is 0.344. The first-order valence-electron chi connectivity index (χ1n) is 7.10. The molecule has 1 fully saturated rings. The molecule has 6 atom stereocenters. The summed E-state index contributed by atoms with van der Waals surface area (Å²) in [6, 6.07) is 0. The largest absolute Gasteiger partial charge is 0.483 e. The number of aliphatic hydroxyl groups excluding tert-OH is 2. The molecule has 0 aliphatic carbocycles. The normalized spacial score (nSPS) is 30.3. The van der Waals surface area contributed by atoms with Crippen LogP contribution in [0.15, 0.2) is 12.7 Å². The molecule has 27 heavy (non-hydrogen) atoms. The third-order valence-corrected chi connectivity index (χ3v) is 6.12. The molecule has 1 saturated heterocycles. The SMILES string of the molecule is COP(=O)(O)OP(=O)(O)O[C@H]1OC(n2cnc3c(N)ncnc32)C(O)C1O. The van der Waals surface area contributed by atoms with Gasteiger partial charge < -0.3 is 30.5 Å². The number of imidazole rings is 1. The van der Waals surface area contributed by atoms with Crippen LogP contribution in [0.3, 0.4) is 0 Å². The van der Waals surface area contributed by atoms with Crippen molar-refractivity contribution in [3.63, 3.8) is 0 Å². The highest BCUT2D eigenvalue weighted by atomic mass is 31.3. The van der Waals surface area contributed by atoms with Gasteiger partial charge in [-0.05, 0) is 0 Å². The fourth-order valence-electron chi connectivity index (χ4n) is 2.32. The number of nitrogen functional groups attached to an aromatic ring is 1. The van der Waals surface area contributed by atoms with Crippen LogP contribution in [0.25, 0.3) is 11.2 Å². The Kier molecular flexibility index (Phi) is 5.35. The van der Waals surface area contributed by atoms with E-state index in [9.17, 15) is 24.2 Å². The number of hydrogen-bond donors (Lipinski definition) is 5. The molecule has 1 aliphatic heterocycles. The Labute approximate surface area is 150 Å². The van der Waals surface area contributed by atoms with E-state index in [2.05, 4.69) is 28.3 Å². The van der Waals surface area contributed by atoms with Crippen molar-refractivity contribution in [2.75, 3.05) is 12.8 Å². The summed E-state index contributed by atoms with van der Waals surface area (Å²) >= 11 is 0. The zero-order valence-electron chi connectivity index (χ0n) is 13.5. The lowest BCUT2D eigenvalue weighted by Gasteiger charge is -2.19. The lowest BCUT2D eigenvalue weighted by atomic mass is 10.2. The van der Waals surface area contributed by atoms with Crippen LogP contribution in [-0.4, -0.2) is 65.1 Å². The topological polar surface area (TPSA) is 222 Å². The Balaban J connectivity index is 1.82. The summed E-state index contributed by atoms with van der Waals surface area (Å²) in [6.07, 6.45) is -4.37. The van der Waals surface area contributed by atoms with Crippen LogP contribution in [0.5, 0.6) is 0 Å². The van der Waals surface area contributed by atoms with Gasteiger partial charge in [-0.25, -0.2) is 24.1 Å². The molecule has 2 aromatic heterocycles. The lowest BCUT2D eigenvalue weighted by molar-refractivity contribution is -0.133. The number of phosphoric ester groups is 2. The van der Waals surface area contributed by atoms with E-state index in [-0.39, 0.29) is 17.0 Å². The fraction of sp³-hybridized carbons (Fsp3) is 0.500. The number of nitrogens with two attached hydrogens (primary N) is 1. The van der Waals surface area contributed by atoms with Gasteiger partial charge in [0.25, 0.3) is 0 Å². The standard InChI is InChI=1S/C10H15N5O10P2/c1-22-26(18,19)25-27(20,21)24-10-6(17)5(16)9(23-10)15-3-14-4-7(11)12-2-13-8(4)15/h2-3,5-6,9-10,16-17H,1H3,(H,18,19)(H,20,21)(H2,11,12,13)/t5?,6?,9?,10-/m1/s1. The highest BCUT2D eigenvalue weighted by Crippen LogP contribution is 2.61. The predicted octanol–water partition coefficient (Wildman–Crippen LogP) is -1.13. The minimum Gasteiger partial charge on any atom is -0.385 e. The van der Waals surface area contributed by atoms with Crippen molar-refractivity contribution in [2.45, 2.75) is 24.7 Å². The Morgan fingerprint density at radius 2 is 1.89 bits per heavy atom. The number of aromatic nitrogens is 4. The molecule has 0 saturated carbocycles. The van der Waals surface area contributed by atoms with Crippen molar-refractivity contribution in [2.24, 2.45) is 0 Å². The van der Waals surface area contributed by atoms with E-state index in [1.807, 2.05) is 0 Å². The van der Waals surface area contributed by atoms with Crippen molar-refractivity contribution in [1.29, 1.82) is 0 Å². The zero-order chi connectivity index (χ0) is 20.0. The van der Waals surface area contributed by atoms with Gasteiger partial charge >= 0.3 is 15.6 Å². The van der Waals surface area contributed by atoms with Crippen molar-refractivity contribution in [1.82, 2.24) is 19.5 Å². The van der Waals surface area contributed by atoms with E-state index in [1.165, 1.54) is 10.9 Å². The summed E-state index contributed by atoms with van der Waals surface area (Å²) in [6.45, 7) is 0. The van der Waals surface area contributed by atoms with E-state index in [1.54, 1.807) is 0 Å². The summed E-state index contributed by atoms with van der Waals surface area (Å²) in [5, 5.41) is 20.2. The van der Waals surface area contributed by atoms with Gasteiger partial charge in [0.05, 0.1) is 6.33 Å². The molecule has 17 heteroatoms. The van der Waals surface area contributed by atoms with Crippen molar-refractivity contribution >= 4 is 32.6 Å². The minimum absolute atomic E-state index is 0.0612. The molecule has 0 bridgehead atoms. The first kappa shape index (κ1) is 20.2. The molecular formula is C10H15N5O10P2. The Hall–Kier alpha value is -1.51. The maximum Gasteiger partial charge on any atom is 0.483 e. The van der Waals surface area contributed by atoms with Crippen molar-refractivity contribution < 1.29 is 47.2 Å². The molecule has 1 aliphatic rings. The summed E-state index contributed by atoms with van der Waals surface area (Å²) in [5.74, 6) is 0.0612. The monoisotopic (exact) mass is 427 g/mol. The number of phosphoric acid groups is 2. The molecule has 150 valence electrons. The predicted molar refractivity (Wildman–Crippen MR) is 84.5 cm³/mol. The van der Waals surface area contributed by atoms with Crippen LogP contribution < -0.4 is 5.73 Å². The van der Waals surface area contributed by atoms with E-state index >= 15 is 0 Å². The van der Waals surface area contributed by atoms with E-state index in [4.69, 9.17) is 15.4 Å². The first-order chi connectivity index (χ1) is 12.5. The van der Waals surface area contributed by atoms with E-state index in [0.717, 1.165) is 13.4 Å². The molecule has 0 spiro atoms. The number of hydrogen-bond acceptors (Lipinski definition) is 12. The molecule has 15 nitrogen and oxygen atoms in total. The Bertz CT molecular complexity index is 938. The van der Waals surface area contributed by atoms with Crippen LogP contribution >= 0.6 is 15.6 Å². The molecule has 3 rings (SSSR count). The second kappa shape index (κ2) is 7.14. The average Bonchev–Trinajstić information content (AvgIpc) is 3.11. The number of ether oxygens (including phenoxy) is 1. The number of anilines is 1. The summed E-state index contributed by atoms with van der Waals surface area (Å²) < 4.78 is 42.0. The molecule has 6 N–H and O–H groups in total. The number of aliphatic hydroxyl groups is 2. The average molecular weight is 427 g/mol. The van der Waals surface area contributed by atoms with Crippen molar-refractivity contribution in [3.8, 4) is 0 Å². The summed E-state index contributed by atoms with van der Waals surface area (Å²) in [5.41, 5.74) is 6.01. The number of nitrogens with zero attached hydrogens (tertiary/aromatic N) is 4. The van der Waals surface area contributed by atoms with Gasteiger partial charge in [-0.2, -0.15) is 4.31 Å². The Morgan fingerprint density at radius 3 is 2.56 bits per heavy atom. The molecule has 2 aromatic rings. The third-order valence-electron chi connectivity index (χ3n) is 3.53. The molecule has 0 amide bonds. The van der Waals surface area contributed by atoms with Gasteiger partial charge in [0.1, 0.15) is 24.1 Å². The first-order valence-corrected chi connectivity index (χ1v) is 10.1. The van der Waals surface area contributed by atoms with Gasteiger partial charge in [-0.15, -0.1) is 0 Å². The molecular weight excluding hydrogens is 412 g/mol. The zero-order valence-corrected chi connectivity index (χ0v) is 15.3. The smallest absolute Gasteiger partial charge is 0.385 e. The highest BCUT2D eigenvalue weighted by Gasteiger charge is 2.49. The second-order valence-corrected chi connectivity index (χ2v) is 8.37. The maximum absolute atomic E-state index is 11.8. The molecule has 0 radical (unpaired) electrons. The van der Waals surface area contributed by atoms with Gasteiger partial charge in [0.15, 0.2) is 24.0 Å². The van der Waals surface area contributed by atoms with Gasteiger partial charge in [0, 0.05) is 7.11 Å². The van der Waals surface area contributed by atoms with E-state index in [0.29, 0.717) is 0 Å².